The van der Waals surface area contributed by atoms with Gasteiger partial charge in [0.25, 0.3) is 0 Å². The topological polar surface area (TPSA) is 61.4 Å². The van der Waals surface area contributed by atoms with Crippen LogP contribution in [0.25, 0.3) is 0 Å². The zero-order valence-electron chi connectivity index (χ0n) is 12.4. The first kappa shape index (κ1) is 15.5. The summed E-state index contributed by atoms with van der Waals surface area (Å²) in [6.45, 7) is 9.99. The van der Waals surface area contributed by atoms with E-state index in [1.165, 1.54) is 0 Å². The number of rotatable bonds is 3. The van der Waals surface area contributed by atoms with E-state index in [2.05, 4.69) is 10.6 Å². The van der Waals surface area contributed by atoms with Crippen molar-refractivity contribution >= 4 is 11.7 Å². The van der Waals surface area contributed by atoms with Gasteiger partial charge in [0.1, 0.15) is 0 Å². The summed E-state index contributed by atoms with van der Waals surface area (Å²) in [4.78, 5) is 11.7. The number of anilines is 1. The quantitative estimate of drug-likeness (QED) is 0.786. The Labute approximate surface area is 115 Å². The van der Waals surface area contributed by atoms with Crippen molar-refractivity contribution < 1.29 is 9.90 Å². The molecular formula is C15H24N2O2. The largest absolute Gasteiger partial charge is 0.391 e. The maximum Gasteiger partial charge on any atom is 0.319 e. The molecule has 1 rings (SSSR count). The molecule has 0 saturated carbocycles. The van der Waals surface area contributed by atoms with E-state index in [0.29, 0.717) is 0 Å². The number of benzene rings is 1. The molecule has 3 N–H and O–H groups in total. The average molecular weight is 264 g/mol. The SMILES string of the molecule is Cc1ccc(NC(=O)NCC(O)C(C)(C)C)c(C)c1. The highest BCUT2D eigenvalue weighted by atomic mass is 16.3. The van der Waals surface area contributed by atoms with Crippen molar-refractivity contribution in [3.8, 4) is 0 Å². The number of hydrogen-bond donors (Lipinski definition) is 3. The van der Waals surface area contributed by atoms with Crippen LogP contribution in [0, 0.1) is 19.3 Å². The molecule has 1 aromatic carbocycles. The number of carbonyl (C=O) groups is 1. The Hall–Kier alpha value is -1.55. The molecule has 0 fully saturated rings. The Kier molecular flexibility index (Phi) is 4.95. The van der Waals surface area contributed by atoms with Crippen molar-refractivity contribution in [2.24, 2.45) is 5.41 Å². The lowest BCUT2D eigenvalue weighted by atomic mass is 9.89. The van der Waals surface area contributed by atoms with Crippen LogP contribution in [-0.2, 0) is 0 Å². The fraction of sp³-hybridized carbons (Fsp3) is 0.533. The Bertz CT molecular complexity index is 450. The highest BCUT2D eigenvalue weighted by Crippen LogP contribution is 2.18. The van der Waals surface area contributed by atoms with Crippen molar-refractivity contribution in [1.29, 1.82) is 0 Å². The molecule has 1 atom stereocenters. The molecule has 4 nitrogen and oxygen atoms in total. The molecule has 19 heavy (non-hydrogen) atoms. The second-order valence-electron chi connectivity index (χ2n) is 6.04. The minimum Gasteiger partial charge on any atom is -0.391 e. The summed E-state index contributed by atoms with van der Waals surface area (Å²) < 4.78 is 0. The highest BCUT2D eigenvalue weighted by molar-refractivity contribution is 5.90. The number of carbonyl (C=O) groups excluding carboxylic acids is 1. The van der Waals surface area contributed by atoms with Gasteiger partial charge in [0.15, 0.2) is 0 Å². The van der Waals surface area contributed by atoms with Crippen LogP contribution in [0.15, 0.2) is 18.2 Å². The summed E-state index contributed by atoms with van der Waals surface area (Å²) in [6, 6.07) is 5.55. The van der Waals surface area contributed by atoms with Crippen LogP contribution in [0.3, 0.4) is 0 Å². The highest BCUT2D eigenvalue weighted by Gasteiger charge is 2.22. The lowest BCUT2D eigenvalue weighted by molar-refractivity contribution is 0.0654. The molecule has 4 heteroatoms. The van der Waals surface area contributed by atoms with Crippen LogP contribution < -0.4 is 10.6 Å². The summed E-state index contributed by atoms with van der Waals surface area (Å²) >= 11 is 0. The van der Waals surface area contributed by atoms with Gasteiger partial charge in [0, 0.05) is 12.2 Å². The van der Waals surface area contributed by atoms with Crippen molar-refractivity contribution in [1.82, 2.24) is 5.32 Å². The molecule has 0 aliphatic rings. The predicted molar refractivity (Wildman–Crippen MR) is 78.4 cm³/mol. The molecular weight excluding hydrogens is 240 g/mol. The monoisotopic (exact) mass is 264 g/mol. The summed E-state index contributed by atoms with van der Waals surface area (Å²) in [7, 11) is 0. The first-order valence-electron chi connectivity index (χ1n) is 6.50. The third-order valence-corrected chi connectivity index (χ3v) is 3.09. The van der Waals surface area contributed by atoms with E-state index in [1.807, 2.05) is 52.8 Å². The van der Waals surface area contributed by atoms with Gasteiger partial charge < -0.3 is 15.7 Å². The molecule has 2 amide bonds. The molecule has 0 radical (unpaired) electrons. The molecule has 0 aliphatic heterocycles. The Morgan fingerprint density at radius 2 is 1.95 bits per heavy atom. The average Bonchev–Trinajstić information content (AvgIpc) is 2.28. The molecule has 0 aromatic heterocycles. The van der Waals surface area contributed by atoms with Crippen LogP contribution in [0.4, 0.5) is 10.5 Å². The lowest BCUT2D eigenvalue weighted by Crippen LogP contribution is -2.40. The van der Waals surface area contributed by atoms with Crippen LogP contribution >= 0.6 is 0 Å². The maximum absolute atomic E-state index is 11.7. The lowest BCUT2D eigenvalue weighted by Gasteiger charge is -2.25. The van der Waals surface area contributed by atoms with Crippen LogP contribution in [0.1, 0.15) is 31.9 Å². The van der Waals surface area contributed by atoms with E-state index in [4.69, 9.17) is 0 Å². The maximum atomic E-state index is 11.7. The van der Waals surface area contributed by atoms with E-state index in [0.717, 1.165) is 16.8 Å². The number of aliphatic hydroxyl groups excluding tert-OH is 1. The number of hydrogen-bond acceptors (Lipinski definition) is 2. The molecule has 1 aromatic rings. The summed E-state index contributed by atoms with van der Waals surface area (Å²) in [5.74, 6) is 0. The molecule has 0 bridgehead atoms. The van der Waals surface area contributed by atoms with Gasteiger partial charge >= 0.3 is 6.03 Å². The number of aliphatic hydroxyl groups is 1. The van der Waals surface area contributed by atoms with Gasteiger partial charge in [0.05, 0.1) is 6.10 Å². The summed E-state index contributed by atoms with van der Waals surface area (Å²) in [5.41, 5.74) is 2.72. The van der Waals surface area contributed by atoms with E-state index in [9.17, 15) is 9.90 Å². The third kappa shape index (κ3) is 4.91. The van der Waals surface area contributed by atoms with E-state index >= 15 is 0 Å². The van der Waals surface area contributed by atoms with E-state index < -0.39 is 6.10 Å². The normalized spacial score (nSPS) is 12.9. The smallest absolute Gasteiger partial charge is 0.319 e. The van der Waals surface area contributed by atoms with E-state index in [1.54, 1.807) is 0 Å². The fourth-order valence-corrected chi connectivity index (χ4v) is 1.62. The van der Waals surface area contributed by atoms with Crippen LogP contribution in [0.2, 0.25) is 0 Å². The van der Waals surface area contributed by atoms with Gasteiger partial charge in [0.2, 0.25) is 0 Å². The van der Waals surface area contributed by atoms with Gasteiger partial charge in [-0.3, -0.25) is 0 Å². The first-order chi connectivity index (χ1) is 8.70. The molecule has 0 heterocycles. The Balaban J connectivity index is 2.52. The first-order valence-corrected chi connectivity index (χ1v) is 6.50. The van der Waals surface area contributed by atoms with Crippen LogP contribution in [0.5, 0.6) is 0 Å². The fourth-order valence-electron chi connectivity index (χ4n) is 1.62. The molecule has 106 valence electrons. The zero-order chi connectivity index (χ0) is 14.6. The number of urea groups is 1. The Morgan fingerprint density at radius 3 is 2.47 bits per heavy atom. The molecule has 1 unspecified atom stereocenters. The minimum atomic E-state index is -0.572. The van der Waals surface area contributed by atoms with Crippen molar-refractivity contribution in [3.63, 3.8) is 0 Å². The predicted octanol–water partition coefficient (Wildman–Crippen LogP) is 2.83. The van der Waals surface area contributed by atoms with Crippen molar-refractivity contribution in [2.75, 3.05) is 11.9 Å². The van der Waals surface area contributed by atoms with Gasteiger partial charge in [-0.05, 0) is 30.9 Å². The van der Waals surface area contributed by atoms with Crippen molar-refractivity contribution in [3.05, 3.63) is 29.3 Å². The summed E-state index contributed by atoms with van der Waals surface area (Å²) in [5, 5.41) is 15.3. The van der Waals surface area contributed by atoms with Gasteiger partial charge in [-0.15, -0.1) is 0 Å². The zero-order valence-corrected chi connectivity index (χ0v) is 12.4. The second-order valence-corrected chi connectivity index (χ2v) is 6.04. The number of nitrogens with one attached hydrogen (secondary N) is 2. The van der Waals surface area contributed by atoms with E-state index in [-0.39, 0.29) is 18.0 Å². The van der Waals surface area contributed by atoms with Gasteiger partial charge in [-0.25, -0.2) is 4.79 Å². The Morgan fingerprint density at radius 1 is 1.32 bits per heavy atom. The van der Waals surface area contributed by atoms with Gasteiger partial charge in [-0.2, -0.15) is 0 Å². The molecule has 0 saturated heterocycles. The summed E-state index contributed by atoms with van der Waals surface area (Å²) in [6.07, 6.45) is -0.572. The standard InChI is InChI=1S/C15H24N2O2/c1-10-6-7-12(11(2)8-10)17-14(19)16-9-13(18)15(3,4)5/h6-8,13,18H,9H2,1-5H3,(H2,16,17,19). The number of amides is 2. The van der Waals surface area contributed by atoms with Crippen LogP contribution in [-0.4, -0.2) is 23.8 Å². The van der Waals surface area contributed by atoms with Gasteiger partial charge in [-0.1, -0.05) is 38.5 Å². The second kappa shape index (κ2) is 6.06. The minimum absolute atomic E-state index is 0.236. The third-order valence-electron chi connectivity index (χ3n) is 3.09. The molecule has 0 spiro atoms. The number of aryl methyl sites for hydroxylation is 2. The van der Waals surface area contributed by atoms with Crippen molar-refractivity contribution in [2.45, 2.75) is 40.7 Å². The molecule has 0 aliphatic carbocycles.